The fourth-order valence-electron chi connectivity index (χ4n) is 2.66. The van der Waals surface area contributed by atoms with Crippen LogP contribution in [0.25, 0.3) is 10.9 Å². The predicted octanol–water partition coefficient (Wildman–Crippen LogP) is 3.54. The van der Waals surface area contributed by atoms with Crippen molar-refractivity contribution >= 4 is 28.5 Å². The number of ether oxygens (including phenoxy) is 1. The average Bonchev–Trinajstić information content (AvgIpc) is 2.91. The Hall–Kier alpha value is -3.68. The number of hydrogen-bond acceptors (Lipinski definition) is 6. The van der Waals surface area contributed by atoms with E-state index in [9.17, 15) is 19.8 Å². The first-order valence-electron chi connectivity index (χ1n) is 8.22. The second kappa shape index (κ2) is 7.69. The molecule has 0 saturated carbocycles. The SMILES string of the molecule is CCOC(=O)Cn1c(O)c(N=NC(=O)c2cccc(O)c2)c2ccccc21. The number of carbonyl (C=O) groups excluding carboxylic acids is 2. The minimum atomic E-state index is -0.674. The Morgan fingerprint density at radius 3 is 2.63 bits per heavy atom. The van der Waals surface area contributed by atoms with Gasteiger partial charge in [-0.2, -0.15) is 0 Å². The van der Waals surface area contributed by atoms with Gasteiger partial charge in [-0.1, -0.05) is 24.3 Å². The number of carbonyl (C=O) groups is 2. The van der Waals surface area contributed by atoms with E-state index in [0.717, 1.165) is 0 Å². The molecule has 1 heterocycles. The molecule has 1 aromatic heterocycles. The lowest BCUT2D eigenvalue weighted by Crippen LogP contribution is -2.12. The van der Waals surface area contributed by atoms with Crippen LogP contribution in [0.3, 0.4) is 0 Å². The van der Waals surface area contributed by atoms with Gasteiger partial charge < -0.3 is 14.9 Å². The zero-order chi connectivity index (χ0) is 19.4. The maximum Gasteiger partial charge on any atom is 0.326 e. The van der Waals surface area contributed by atoms with Crippen LogP contribution >= 0.6 is 0 Å². The van der Waals surface area contributed by atoms with Gasteiger partial charge in [0.2, 0.25) is 5.88 Å². The zero-order valence-electron chi connectivity index (χ0n) is 14.5. The average molecular weight is 367 g/mol. The molecule has 1 amide bonds. The number of azo groups is 1. The molecule has 3 aromatic rings. The first-order valence-corrected chi connectivity index (χ1v) is 8.22. The monoisotopic (exact) mass is 367 g/mol. The smallest absolute Gasteiger partial charge is 0.326 e. The van der Waals surface area contributed by atoms with E-state index in [2.05, 4.69) is 10.2 Å². The number of aromatic nitrogens is 1. The van der Waals surface area contributed by atoms with Gasteiger partial charge in [-0.3, -0.25) is 14.2 Å². The molecular weight excluding hydrogens is 350 g/mol. The number of nitrogens with zero attached hydrogens (tertiary/aromatic N) is 3. The van der Waals surface area contributed by atoms with Crippen LogP contribution in [0.5, 0.6) is 11.6 Å². The summed E-state index contributed by atoms with van der Waals surface area (Å²) >= 11 is 0. The van der Waals surface area contributed by atoms with Crippen molar-refractivity contribution in [3.63, 3.8) is 0 Å². The number of phenolic OH excluding ortho intramolecular Hbond substituents is 1. The van der Waals surface area contributed by atoms with Gasteiger partial charge in [0.25, 0.3) is 5.91 Å². The van der Waals surface area contributed by atoms with E-state index >= 15 is 0 Å². The molecule has 0 aliphatic rings. The van der Waals surface area contributed by atoms with Crippen molar-refractivity contribution in [2.75, 3.05) is 6.61 Å². The molecule has 0 spiro atoms. The van der Waals surface area contributed by atoms with Crippen molar-refractivity contribution < 1.29 is 24.5 Å². The first kappa shape index (κ1) is 18.1. The second-order valence-corrected chi connectivity index (χ2v) is 5.64. The molecule has 0 fully saturated rings. The van der Waals surface area contributed by atoms with Crippen molar-refractivity contribution in [1.82, 2.24) is 4.57 Å². The molecule has 0 radical (unpaired) electrons. The van der Waals surface area contributed by atoms with Gasteiger partial charge in [-0.25, -0.2) is 0 Å². The number of hydrogen-bond donors (Lipinski definition) is 2. The van der Waals surface area contributed by atoms with Gasteiger partial charge in [-0.05, 0) is 31.2 Å². The van der Waals surface area contributed by atoms with Crippen LogP contribution in [0.1, 0.15) is 17.3 Å². The minimum absolute atomic E-state index is 0.0649. The number of esters is 1. The second-order valence-electron chi connectivity index (χ2n) is 5.64. The summed E-state index contributed by atoms with van der Waals surface area (Å²) in [5.41, 5.74) is 0.790. The first-order chi connectivity index (χ1) is 13.0. The number of para-hydroxylation sites is 1. The summed E-state index contributed by atoms with van der Waals surface area (Å²) < 4.78 is 6.27. The van der Waals surface area contributed by atoms with E-state index in [1.165, 1.54) is 28.8 Å². The van der Waals surface area contributed by atoms with Crippen molar-refractivity contribution in [3.8, 4) is 11.6 Å². The van der Waals surface area contributed by atoms with Gasteiger partial charge in [0.1, 0.15) is 12.3 Å². The van der Waals surface area contributed by atoms with Crippen LogP contribution in [0.4, 0.5) is 5.69 Å². The highest BCUT2D eigenvalue weighted by atomic mass is 16.5. The fraction of sp³-hybridized carbons (Fsp3) is 0.158. The standard InChI is InChI=1S/C19H17N3O5/c1-2-27-16(24)11-22-15-9-4-3-8-14(15)17(19(22)26)20-21-18(25)12-6-5-7-13(23)10-12/h3-10,23,26H,2,11H2,1H3. The molecule has 8 heteroatoms. The molecule has 0 bridgehead atoms. The normalized spacial score (nSPS) is 11.1. The molecule has 138 valence electrons. The molecular formula is C19H17N3O5. The number of benzene rings is 2. The maximum absolute atomic E-state index is 12.2. The van der Waals surface area contributed by atoms with Crippen molar-refractivity contribution in [1.29, 1.82) is 0 Å². The number of rotatable bonds is 5. The van der Waals surface area contributed by atoms with E-state index in [-0.39, 0.29) is 36.0 Å². The van der Waals surface area contributed by atoms with E-state index in [4.69, 9.17) is 4.74 Å². The van der Waals surface area contributed by atoms with E-state index in [1.807, 2.05) is 0 Å². The predicted molar refractivity (Wildman–Crippen MR) is 97.2 cm³/mol. The van der Waals surface area contributed by atoms with Crippen LogP contribution in [-0.2, 0) is 16.1 Å². The number of fused-ring (bicyclic) bond motifs is 1. The highest BCUT2D eigenvalue weighted by Crippen LogP contribution is 2.38. The summed E-state index contributed by atoms with van der Waals surface area (Å²) in [5, 5.41) is 28.0. The lowest BCUT2D eigenvalue weighted by atomic mass is 10.2. The third-order valence-electron chi connectivity index (χ3n) is 3.84. The lowest BCUT2D eigenvalue weighted by molar-refractivity contribution is -0.143. The van der Waals surface area contributed by atoms with Crippen LogP contribution in [-0.4, -0.2) is 33.3 Å². The van der Waals surface area contributed by atoms with Crippen molar-refractivity contribution in [3.05, 3.63) is 54.1 Å². The van der Waals surface area contributed by atoms with Gasteiger partial charge in [0.15, 0.2) is 5.69 Å². The van der Waals surface area contributed by atoms with Crippen molar-refractivity contribution in [2.45, 2.75) is 13.5 Å². The Labute approximate surface area is 154 Å². The van der Waals surface area contributed by atoms with Gasteiger partial charge in [0.05, 0.1) is 12.1 Å². The Balaban J connectivity index is 1.98. The summed E-state index contributed by atoms with van der Waals surface area (Å²) in [6, 6.07) is 12.6. The highest BCUT2D eigenvalue weighted by molar-refractivity contribution is 5.98. The molecule has 0 saturated heterocycles. The molecule has 8 nitrogen and oxygen atoms in total. The summed E-state index contributed by atoms with van der Waals surface area (Å²) in [5.74, 6) is -1.54. The largest absolute Gasteiger partial charge is 0.508 e. The zero-order valence-corrected chi connectivity index (χ0v) is 14.5. The molecule has 0 aliphatic heterocycles. The summed E-state index contributed by atoms with van der Waals surface area (Å²) in [7, 11) is 0. The molecule has 3 rings (SSSR count). The Morgan fingerprint density at radius 1 is 1.11 bits per heavy atom. The highest BCUT2D eigenvalue weighted by Gasteiger charge is 2.19. The van der Waals surface area contributed by atoms with Gasteiger partial charge in [-0.15, -0.1) is 10.2 Å². The third-order valence-corrected chi connectivity index (χ3v) is 3.84. The van der Waals surface area contributed by atoms with Crippen LogP contribution < -0.4 is 0 Å². The van der Waals surface area contributed by atoms with Crippen LogP contribution in [0, 0.1) is 0 Å². The molecule has 0 atom stereocenters. The van der Waals surface area contributed by atoms with Crippen molar-refractivity contribution in [2.24, 2.45) is 10.2 Å². The lowest BCUT2D eigenvalue weighted by Gasteiger charge is -2.06. The Bertz CT molecular complexity index is 1040. The number of aromatic hydroxyl groups is 2. The molecule has 0 aliphatic carbocycles. The van der Waals surface area contributed by atoms with Crippen LogP contribution in [0.2, 0.25) is 0 Å². The van der Waals surface area contributed by atoms with E-state index < -0.39 is 11.9 Å². The number of amides is 1. The topological polar surface area (TPSA) is 113 Å². The Kier molecular flexibility index (Phi) is 5.16. The third kappa shape index (κ3) is 3.79. The van der Waals surface area contributed by atoms with Crippen LogP contribution in [0.15, 0.2) is 58.8 Å². The number of phenols is 1. The van der Waals surface area contributed by atoms with Gasteiger partial charge >= 0.3 is 5.97 Å². The molecule has 2 aromatic carbocycles. The molecule has 0 unspecified atom stereocenters. The quantitative estimate of drug-likeness (QED) is 0.529. The summed E-state index contributed by atoms with van der Waals surface area (Å²) in [6.45, 7) is 1.72. The molecule has 2 N–H and O–H groups in total. The van der Waals surface area contributed by atoms with Gasteiger partial charge in [0, 0.05) is 10.9 Å². The molecule has 27 heavy (non-hydrogen) atoms. The van der Waals surface area contributed by atoms with E-state index in [1.54, 1.807) is 31.2 Å². The van der Waals surface area contributed by atoms with E-state index in [0.29, 0.717) is 10.9 Å². The summed E-state index contributed by atoms with van der Waals surface area (Å²) in [6.07, 6.45) is 0. The summed E-state index contributed by atoms with van der Waals surface area (Å²) in [4.78, 5) is 24.0. The minimum Gasteiger partial charge on any atom is -0.508 e. The Morgan fingerprint density at radius 2 is 1.89 bits per heavy atom. The maximum atomic E-state index is 12.2. The fourth-order valence-corrected chi connectivity index (χ4v) is 2.66.